The summed E-state index contributed by atoms with van der Waals surface area (Å²) in [5.74, 6) is -3.05. The van der Waals surface area contributed by atoms with Gasteiger partial charge in [0.1, 0.15) is 0 Å². The van der Waals surface area contributed by atoms with Crippen molar-refractivity contribution >= 4 is 13.6 Å². The predicted octanol–water partition coefficient (Wildman–Crippen LogP) is -1.33. The third-order valence-electron chi connectivity index (χ3n) is 1.29. The van der Waals surface area contributed by atoms with Crippen LogP contribution in [0.5, 0.6) is 0 Å². The van der Waals surface area contributed by atoms with Crippen molar-refractivity contribution in [2.45, 2.75) is 12.2 Å². The molecule has 3 rings (SSSR count). The van der Waals surface area contributed by atoms with Gasteiger partial charge in [-0.05, 0) is 0 Å². The molecule has 8 heteroatoms. The van der Waals surface area contributed by atoms with E-state index in [4.69, 9.17) is 10.8 Å². The summed E-state index contributed by atoms with van der Waals surface area (Å²) in [7, 11) is -3.70. The van der Waals surface area contributed by atoms with Crippen LogP contribution in [-0.4, -0.2) is 23.1 Å². The van der Waals surface area contributed by atoms with E-state index in [0.717, 1.165) is 0 Å². The van der Waals surface area contributed by atoms with Gasteiger partial charge < -0.3 is 5.11 Å². The zero-order valence-corrected chi connectivity index (χ0v) is 5.98. The molecule has 3 fully saturated rings. The number of nitrogens with two attached hydrogens (primary N) is 1. The topological polar surface area (TPSA) is 108 Å². The molecule has 3 aliphatic rings. The van der Waals surface area contributed by atoms with Crippen LogP contribution in [0.2, 0.25) is 0 Å². The fourth-order valence-electron chi connectivity index (χ4n) is 0.814. The van der Waals surface area contributed by atoms with Gasteiger partial charge in [-0.15, -0.1) is 0 Å². The molecule has 0 amide bonds. The molecular weight excluding hydrogens is 177 g/mol. The molecule has 3 aliphatic heterocycles. The molecule has 2 bridgehead atoms. The maximum Gasteiger partial charge on any atom is 0.485 e. The SMILES string of the molecule is NC12OP(=O)(OC(O)C1=O)O2. The lowest BCUT2D eigenvalue weighted by atomic mass is 10.3. The van der Waals surface area contributed by atoms with Gasteiger partial charge in [0.25, 0.3) is 5.78 Å². The van der Waals surface area contributed by atoms with E-state index < -0.39 is 25.8 Å². The predicted molar refractivity (Wildman–Crippen MR) is 28.8 cm³/mol. The number of hydrogen-bond donors (Lipinski definition) is 2. The second-order valence-corrected chi connectivity index (χ2v) is 3.59. The average Bonchev–Trinajstić information content (AvgIpc) is 1.78. The Bertz CT molecular complexity index is 257. The molecule has 1 unspecified atom stereocenters. The highest BCUT2D eigenvalue weighted by Crippen LogP contribution is 2.67. The van der Waals surface area contributed by atoms with Crippen LogP contribution < -0.4 is 5.73 Å². The van der Waals surface area contributed by atoms with E-state index in [-0.39, 0.29) is 0 Å². The highest BCUT2D eigenvalue weighted by molar-refractivity contribution is 7.50. The normalized spacial score (nSPS) is 55.5. The largest absolute Gasteiger partial charge is 0.485 e. The highest BCUT2D eigenvalue weighted by Gasteiger charge is 2.67. The minimum absolute atomic E-state index is 0.991. The number of carbonyl (C=O) groups excluding carboxylic acids is 1. The number of carbonyl (C=O) groups is 1. The lowest BCUT2D eigenvalue weighted by molar-refractivity contribution is -0.263. The molecular formula is C3H4NO6P. The van der Waals surface area contributed by atoms with Crippen molar-refractivity contribution in [3.8, 4) is 0 Å². The first-order valence-electron chi connectivity index (χ1n) is 2.66. The summed E-state index contributed by atoms with van der Waals surface area (Å²) in [4.78, 5) is 10.8. The highest BCUT2D eigenvalue weighted by atomic mass is 31.2. The van der Waals surface area contributed by atoms with Gasteiger partial charge in [-0.25, -0.2) is 18.1 Å². The van der Waals surface area contributed by atoms with Crippen LogP contribution in [-0.2, 0) is 22.9 Å². The number of phosphoric acid groups is 1. The maximum absolute atomic E-state index is 10.8. The summed E-state index contributed by atoms with van der Waals surface area (Å²) in [5, 5.41) is 8.72. The molecule has 3 saturated heterocycles. The molecule has 0 aliphatic carbocycles. The quantitative estimate of drug-likeness (QED) is 0.445. The second-order valence-electron chi connectivity index (χ2n) is 2.12. The Morgan fingerprint density at radius 3 is 2.64 bits per heavy atom. The minimum Gasteiger partial charge on any atom is -0.361 e. The fourth-order valence-corrected chi connectivity index (χ4v) is 2.10. The van der Waals surface area contributed by atoms with Gasteiger partial charge in [0, 0.05) is 0 Å². The van der Waals surface area contributed by atoms with E-state index in [1.54, 1.807) is 0 Å². The number of aliphatic hydroxyl groups excluding tert-OH is 1. The Morgan fingerprint density at radius 1 is 1.64 bits per heavy atom. The van der Waals surface area contributed by atoms with Crippen LogP contribution in [0.3, 0.4) is 0 Å². The van der Waals surface area contributed by atoms with Gasteiger partial charge in [0.05, 0.1) is 0 Å². The third kappa shape index (κ3) is 0.807. The van der Waals surface area contributed by atoms with Crippen molar-refractivity contribution in [1.82, 2.24) is 0 Å². The lowest BCUT2D eigenvalue weighted by Crippen LogP contribution is -2.65. The van der Waals surface area contributed by atoms with Crippen molar-refractivity contribution < 1.29 is 28.0 Å². The van der Waals surface area contributed by atoms with Gasteiger partial charge in [-0.2, -0.15) is 0 Å². The summed E-state index contributed by atoms with van der Waals surface area (Å²) in [6.07, 6.45) is -1.81. The summed E-state index contributed by atoms with van der Waals surface area (Å²) in [6.45, 7) is 0. The number of fused-ring (bicyclic) bond motifs is 2. The van der Waals surface area contributed by atoms with Crippen LogP contribution in [0.15, 0.2) is 0 Å². The number of Topliss-reactive ketones (excluding diaryl/α,β-unsaturated/α-hetero) is 1. The molecule has 0 aromatic rings. The molecule has 3 N–H and O–H groups in total. The molecule has 3 heterocycles. The molecule has 11 heavy (non-hydrogen) atoms. The van der Waals surface area contributed by atoms with E-state index in [0.29, 0.717) is 0 Å². The molecule has 0 aromatic carbocycles. The van der Waals surface area contributed by atoms with E-state index in [1.807, 2.05) is 0 Å². The van der Waals surface area contributed by atoms with Crippen molar-refractivity contribution in [3.63, 3.8) is 0 Å². The first-order valence-corrected chi connectivity index (χ1v) is 4.12. The fraction of sp³-hybridized carbons (Fsp3) is 0.667. The molecule has 0 spiro atoms. The first-order chi connectivity index (χ1) is 4.95. The maximum atomic E-state index is 10.8. The van der Waals surface area contributed by atoms with Crippen molar-refractivity contribution in [2.75, 3.05) is 0 Å². The van der Waals surface area contributed by atoms with Gasteiger partial charge in [0.2, 0.25) is 6.29 Å². The Hall–Kier alpha value is -0.300. The van der Waals surface area contributed by atoms with Crippen molar-refractivity contribution in [3.05, 3.63) is 0 Å². The van der Waals surface area contributed by atoms with E-state index in [2.05, 4.69) is 13.6 Å². The Kier molecular flexibility index (Phi) is 1.15. The molecule has 0 saturated carbocycles. The van der Waals surface area contributed by atoms with Crippen LogP contribution in [0.4, 0.5) is 0 Å². The van der Waals surface area contributed by atoms with Gasteiger partial charge in [-0.3, -0.25) is 10.5 Å². The average molecular weight is 181 g/mol. The summed E-state index contributed by atoms with van der Waals surface area (Å²) >= 11 is 0. The van der Waals surface area contributed by atoms with Crippen molar-refractivity contribution in [1.29, 1.82) is 0 Å². The third-order valence-corrected chi connectivity index (χ3v) is 2.74. The van der Waals surface area contributed by atoms with E-state index >= 15 is 0 Å². The van der Waals surface area contributed by atoms with Gasteiger partial charge >= 0.3 is 13.7 Å². The smallest absolute Gasteiger partial charge is 0.361 e. The summed E-state index contributed by atoms with van der Waals surface area (Å²) in [6, 6.07) is 0. The van der Waals surface area contributed by atoms with Crippen molar-refractivity contribution in [2.24, 2.45) is 5.73 Å². The van der Waals surface area contributed by atoms with E-state index in [9.17, 15) is 9.36 Å². The molecule has 7 nitrogen and oxygen atoms in total. The zero-order chi connectivity index (χ0) is 8.28. The van der Waals surface area contributed by atoms with Gasteiger partial charge in [0.15, 0.2) is 0 Å². The lowest BCUT2D eigenvalue weighted by Gasteiger charge is -2.45. The molecule has 0 radical (unpaired) electrons. The zero-order valence-electron chi connectivity index (χ0n) is 5.09. The molecule has 0 aromatic heterocycles. The van der Waals surface area contributed by atoms with Crippen LogP contribution in [0.1, 0.15) is 0 Å². The number of ketones is 1. The van der Waals surface area contributed by atoms with Gasteiger partial charge in [-0.1, -0.05) is 0 Å². The molecule has 62 valence electrons. The Morgan fingerprint density at radius 2 is 2.18 bits per heavy atom. The first kappa shape index (κ1) is 7.35. The van der Waals surface area contributed by atoms with Crippen LogP contribution >= 0.6 is 7.82 Å². The summed E-state index contributed by atoms with van der Waals surface area (Å²) < 4.78 is 23.6. The Balaban J connectivity index is 2.33. The number of phosphoric ester groups is 1. The van der Waals surface area contributed by atoms with E-state index in [1.165, 1.54) is 0 Å². The number of rotatable bonds is 0. The Labute approximate surface area is 60.6 Å². The summed E-state index contributed by atoms with van der Waals surface area (Å²) in [5.41, 5.74) is 5.06. The number of hydrogen-bond acceptors (Lipinski definition) is 7. The monoisotopic (exact) mass is 181 g/mol. The van der Waals surface area contributed by atoms with Crippen LogP contribution in [0, 0.1) is 0 Å². The second kappa shape index (κ2) is 1.71. The number of aliphatic hydroxyl groups is 1. The minimum atomic E-state index is -3.70. The standard InChI is InChI=1S/C3H4NO6P/c4-3-1(5)2(6)8-11(7,9-3)10-3/h2,6H,4H2. The molecule has 1 atom stereocenters. The van der Waals surface area contributed by atoms with Crippen LogP contribution in [0.25, 0.3) is 0 Å².